The fourth-order valence-electron chi connectivity index (χ4n) is 3.19. The Morgan fingerprint density at radius 2 is 2.00 bits per heavy atom. The van der Waals surface area contributed by atoms with Crippen molar-refractivity contribution >= 4 is 21.8 Å². The third-order valence-electron chi connectivity index (χ3n) is 4.73. The minimum atomic E-state index is 0.0856. The van der Waals surface area contributed by atoms with Crippen LogP contribution in [0.15, 0.2) is 34.9 Å². The monoisotopic (exact) mass is 390 g/mol. The van der Waals surface area contributed by atoms with Crippen LogP contribution >= 0.6 is 15.9 Å². The molecule has 1 fully saturated rings. The Morgan fingerprint density at radius 1 is 1.29 bits per heavy atom. The average molecular weight is 391 g/mol. The molecule has 1 aliphatic heterocycles. The van der Waals surface area contributed by atoms with Crippen molar-refractivity contribution in [2.45, 2.75) is 25.8 Å². The van der Waals surface area contributed by atoms with Crippen molar-refractivity contribution in [3.8, 4) is 5.69 Å². The van der Waals surface area contributed by atoms with E-state index in [9.17, 15) is 4.79 Å². The van der Waals surface area contributed by atoms with Gasteiger partial charge in [-0.25, -0.2) is 4.68 Å². The van der Waals surface area contributed by atoms with Crippen LogP contribution in [0.1, 0.15) is 28.9 Å². The first-order valence-electron chi connectivity index (χ1n) is 8.23. The van der Waals surface area contributed by atoms with Crippen LogP contribution in [0, 0.1) is 6.92 Å². The lowest BCUT2D eigenvalue weighted by Crippen LogP contribution is -2.47. The highest BCUT2D eigenvalue weighted by atomic mass is 79.9. The van der Waals surface area contributed by atoms with Crippen LogP contribution in [-0.2, 0) is 0 Å². The van der Waals surface area contributed by atoms with Crippen molar-refractivity contribution in [3.63, 3.8) is 0 Å². The summed E-state index contributed by atoms with van der Waals surface area (Å²) in [6, 6.07) is 8.36. The van der Waals surface area contributed by atoms with Gasteiger partial charge in [0.05, 0.1) is 23.1 Å². The molecule has 1 aromatic heterocycles. The molecule has 6 heteroatoms. The molecular formula is C18H23BrN4O. The van der Waals surface area contributed by atoms with Crippen molar-refractivity contribution in [3.05, 3.63) is 46.2 Å². The van der Waals surface area contributed by atoms with Crippen LogP contribution in [-0.4, -0.2) is 58.7 Å². The maximum absolute atomic E-state index is 12.9. The fraction of sp³-hybridized carbons (Fsp3) is 0.444. The first kappa shape index (κ1) is 17.2. The summed E-state index contributed by atoms with van der Waals surface area (Å²) in [4.78, 5) is 17.1. The lowest BCUT2D eigenvalue weighted by molar-refractivity contribution is 0.0634. The van der Waals surface area contributed by atoms with E-state index in [1.165, 1.54) is 0 Å². The molecule has 128 valence electrons. The number of carbonyl (C=O) groups is 1. The summed E-state index contributed by atoms with van der Waals surface area (Å²) < 4.78 is 2.85. The molecule has 0 unspecified atom stereocenters. The van der Waals surface area contributed by atoms with Crippen LogP contribution in [0.2, 0.25) is 0 Å². The van der Waals surface area contributed by atoms with Gasteiger partial charge in [-0.15, -0.1) is 0 Å². The van der Waals surface area contributed by atoms with Crippen LogP contribution in [0.3, 0.4) is 0 Å². The number of carbonyl (C=O) groups excluding carboxylic acids is 1. The summed E-state index contributed by atoms with van der Waals surface area (Å²) in [5, 5.41) is 4.43. The zero-order valence-corrected chi connectivity index (χ0v) is 16.0. The molecule has 1 saturated heterocycles. The van der Waals surface area contributed by atoms with Crippen molar-refractivity contribution in [2.24, 2.45) is 0 Å². The van der Waals surface area contributed by atoms with Crippen molar-refractivity contribution < 1.29 is 4.79 Å². The van der Waals surface area contributed by atoms with E-state index in [1.807, 2.05) is 40.8 Å². The van der Waals surface area contributed by atoms with Gasteiger partial charge in [0.1, 0.15) is 0 Å². The second kappa shape index (κ2) is 7.07. The Hall–Kier alpha value is -1.66. The van der Waals surface area contributed by atoms with Crippen molar-refractivity contribution in [1.29, 1.82) is 0 Å². The number of benzene rings is 1. The number of likely N-dealkylation sites (N-methyl/N-ethyl adjacent to an activating group) is 1. The first-order valence-corrected chi connectivity index (χ1v) is 9.03. The van der Waals surface area contributed by atoms with Crippen LogP contribution < -0.4 is 0 Å². The maximum Gasteiger partial charge on any atom is 0.257 e. The zero-order chi connectivity index (χ0) is 17.3. The number of nitrogens with zero attached hydrogens (tertiary/aromatic N) is 4. The minimum Gasteiger partial charge on any atom is -0.337 e. The molecule has 2 aromatic rings. The van der Waals surface area contributed by atoms with Crippen LogP contribution in [0.4, 0.5) is 0 Å². The van der Waals surface area contributed by atoms with Gasteiger partial charge >= 0.3 is 0 Å². The lowest BCUT2D eigenvalue weighted by atomic mass is 10.0. The molecular weight excluding hydrogens is 368 g/mol. The summed E-state index contributed by atoms with van der Waals surface area (Å²) in [6.45, 7) is 3.57. The van der Waals surface area contributed by atoms with Gasteiger partial charge in [0, 0.05) is 23.6 Å². The number of hydrogen-bond acceptors (Lipinski definition) is 3. The molecule has 1 aliphatic rings. The van der Waals surface area contributed by atoms with Gasteiger partial charge in [0.25, 0.3) is 5.91 Å². The van der Waals surface area contributed by atoms with Crippen molar-refractivity contribution in [1.82, 2.24) is 19.6 Å². The molecule has 0 spiro atoms. The lowest BCUT2D eigenvalue weighted by Gasteiger charge is -2.36. The quantitative estimate of drug-likeness (QED) is 0.808. The van der Waals surface area contributed by atoms with Gasteiger partial charge in [-0.1, -0.05) is 15.9 Å². The van der Waals surface area contributed by atoms with Gasteiger partial charge in [0.15, 0.2) is 0 Å². The van der Waals surface area contributed by atoms with E-state index < -0.39 is 0 Å². The predicted octanol–water partition coefficient (Wildman–Crippen LogP) is 3.11. The number of piperidine rings is 1. The number of rotatable bonds is 3. The molecule has 24 heavy (non-hydrogen) atoms. The predicted molar refractivity (Wildman–Crippen MR) is 98.6 cm³/mol. The molecule has 1 amide bonds. The van der Waals surface area contributed by atoms with Crippen LogP contribution in [0.25, 0.3) is 5.69 Å². The maximum atomic E-state index is 12.9. The second-order valence-electron chi connectivity index (χ2n) is 6.54. The van der Waals surface area contributed by atoms with Gasteiger partial charge in [0.2, 0.25) is 0 Å². The molecule has 0 N–H and O–H groups in total. The normalized spacial score (nSPS) is 18.2. The fourth-order valence-corrected chi connectivity index (χ4v) is 3.46. The molecule has 0 radical (unpaired) electrons. The van der Waals surface area contributed by atoms with E-state index in [2.05, 4.69) is 40.0 Å². The van der Waals surface area contributed by atoms with Gasteiger partial charge < -0.3 is 9.80 Å². The number of likely N-dealkylation sites (tertiary alicyclic amines) is 1. The number of hydrogen-bond donors (Lipinski definition) is 0. The summed E-state index contributed by atoms with van der Waals surface area (Å²) in [5.74, 6) is 0.0856. The molecule has 1 aromatic carbocycles. The van der Waals surface area contributed by atoms with Gasteiger partial charge in [-0.2, -0.15) is 5.10 Å². The van der Waals surface area contributed by atoms with E-state index in [-0.39, 0.29) is 5.91 Å². The summed E-state index contributed by atoms with van der Waals surface area (Å²) in [5.41, 5.74) is 2.53. The Kier molecular flexibility index (Phi) is 5.06. The Labute approximate surface area is 151 Å². The zero-order valence-electron chi connectivity index (χ0n) is 14.4. The number of aromatic nitrogens is 2. The molecule has 0 bridgehead atoms. The number of halogens is 1. The molecule has 3 rings (SSSR count). The van der Waals surface area contributed by atoms with Gasteiger partial charge in [-0.3, -0.25) is 4.79 Å². The van der Waals surface area contributed by atoms with E-state index in [0.29, 0.717) is 11.6 Å². The SMILES string of the molecule is Cc1c(C(=O)N2CCC[C@@H](N(C)C)C2)cnn1-c1ccc(Br)cc1. The molecule has 1 atom stereocenters. The molecule has 0 aliphatic carbocycles. The molecule has 2 heterocycles. The van der Waals surface area contributed by atoms with E-state index in [0.717, 1.165) is 41.8 Å². The second-order valence-corrected chi connectivity index (χ2v) is 7.46. The minimum absolute atomic E-state index is 0.0856. The summed E-state index contributed by atoms with van der Waals surface area (Å²) in [6.07, 6.45) is 3.89. The highest BCUT2D eigenvalue weighted by Gasteiger charge is 2.27. The van der Waals surface area contributed by atoms with Crippen LogP contribution in [0.5, 0.6) is 0 Å². The molecule has 5 nitrogen and oxygen atoms in total. The Balaban J connectivity index is 1.82. The highest BCUT2D eigenvalue weighted by Crippen LogP contribution is 2.21. The first-order chi connectivity index (χ1) is 11.5. The highest BCUT2D eigenvalue weighted by molar-refractivity contribution is 9.10. The number of amides is 1. The standard InChI is InChI=1S/C18H23BrN4O/c1-13-17(11-20-23(13)15-8-6-14(19)7-9-15)18(24)22-10-4-5-16(12-22)21(2)3/h6-9,11,16H,4-5,10,12H2,1-3H3/t16-/m1/s1. The summed E-state index contributed by atoms with van der Waals surface area (Å²) in [7, 11) is 4.16. The Bertz CT molecular complexity index is 723. The third kappa shape index (κ3) is 3.39. The molecule has 0 saturated carbocycles. The van der Waals surface area contributed by atoms with E-state index in [4.69, 9.17) is 0 Å². The van der Waals surface area contributed by atoms with Crippen molar-refractivity contribution in [2.75, 3.05) is 27.2 Å². The van der Waals surface area contributed by atoms with E-state index >= 15 is 0 Å². The topological polar surface area (TPSA) is 41.4 Å². The van der Waals surface area contributed by atoms with E-state index in [1.54, 1.807) is 6.20 Å². The third-order valence-corrected chi connectivity index (χ3v) is 5.25. The summed E-state index contributed by atoms with van der Waals surface area (Å²) >= 11 is 3.44. The van der Waals surface area contributed by atoms with Gasteiger partial charge in [-0.05, 0) is 58.1 Å². The Morgan fingerprint density at radius 3 is 2.67 bits per heavy atom. The largest absolute Gasteiger partial charge is 0.337 e. The smallest absolute Gasteiger partial charge is 0.257 e. The average Bonchev–Trinajstić information content (AvgIpc) is 2.96.